The van der Waals surface area contributed by atoms with Crippen LogP contribution in [-0.2, 0) is 6.54 Å². The predicted octanol–water partition coefficient (Wildman–Crippen LogP) is 2.03. The Morgan fingerprint density at radius 1 is 1.60 bits per heavy atom. The molecule has 0 saturated carbocycles. The highest BCUT2D eigenvalue weighted by molar-refractivity contribution is 7.09. The molecule has 0 amide bonds. The molecule has 0 saturated heterocycles. The number of thiazole rings is 1. The van der Waals surface area contributed by atoms with Gasteiger partial charge in [0.25, 0.3) is 0 Å². The Bertz CT molecular complexity index is 407. The average Bonchev–Trinajstić information content (AvgIpc) is 2.84. The fourth-order valence-corrected chi connectivity index (χ4v) is 2.03. The van der Waals surface area contributed by atoms with Gasteiger partial charge in [-0.3, -0.25) is 0 Å². The third kappa shape index (κ3) is 2.64. The Balaban J connectivity index is 1.90. The lowest BCUT2D eigenvalue weighted by atomic mass is 10.2. The van der Waals surface area contributed by atoms with Crippen LogP contribution in [0.1, 0.15) is 29.4 Å². The summed E-state index contributed by atoms with van der Waals surface area (Å²) in [5.74, 6) is 0. The van der Waals surface area contributed by atoms with Crippen LogP contribution in [0.5, 0.6) is 0 Å². The van der Waals surface area contributed by atoms with Crippen molar-refractivity contribution in [3.8, 4) is 0 Å². The minimum atomic E-state index is 0.276. The van der Waals surface area contributed by atoms with Gasteiger partial charge in [-0.25, -0.2) is 9.97 Å². The van der Waals surface area contributed by atoms with Crippen molar-refractivity contribution in [2.24, 2.45) is 0 Å². The summed E-state index contributed by atoms with van der Waals surface area (Å²) in [6, 6.07) is 0.276. The molecule has 1 unspecified atom stereocenters. The summed E-state index contributed by atoms with van der Waals surface area (Å²) >= 11 is 1.68. The topological polar surface area (TPSA) is 53.6 Å². The first-order valence-corrected chi connectivity index (χ1v) is 5.76. The number of nitrogens with zero attached hydrogens (tertiary/aromatic N) is 2. The number of rotatable bonds is 4. The van der Waals surface area contributed by atoms with Crippen molar-refractivity contribution in [3.05, 3.63) is 34.3 Å². The standard InChI is InChI=1S/C10H14N4S/c1-7(10-5-15-8(2)14-10)12-4-9-3-11-6-13-9/h3,5-7,12H,4H2,1-2H3,(H,11,13). The molecule has 15 heavy (non-hydrogen) atoms. The van der Waals surface area contributed by atoms with E-state index in [0.717, 1.165) is 22.9 Å². The molecule has 0 radical (unpaired) electrons. The van der Waals surface area contributed by atoms with E-state index in [1.807, 2.05) is 13.1 Å². The molecule has 0 fully saturated rings. The highest BCUT2D eigenvalue weighted by Gasteiger charge is 2.08. The van der Waals surface area contributed by atoms with Crippen LogP contribution in [0, 0.1) is 6.92 Å². The van der Waals surface area contributed by atoms with E-state index < -0.39 is 0 Å². The molecule has 0 aliphatic rings. The molecule has 0 bridgehead atoms. The zero-order valence-corrected chi connectivity index (χ0v) is 9.64. The number of H-pyrrole nitrogens is 1. The summed E-state index contributed by atoms with van der Waals surface area (Å²) in [6.07, 6.45) is 3.51. The summed E-state index contributed by atoms with van der Waals surface area (Å²) in [5, 5.41) is 6.60. The summed E-state index contributed by atoms with van der Waals surface area (Å²) in [4.78, 5) is 11.5. The molecule has 2 heterocycles. The van der Waals surface area contributed by atoms with E-state index in [2.05, 4.69) is 32.6 Å². The van der Waals surface area contributed by atoms with E-state index in [0.29, 0.717) is 0 Å². The lowest BCUT2D eigenvalue weighted by Crippen LogP contribution is -2.18. The number of aromatic amines is 1. The zero-order valence-electron chi connectivity index (χ0n) is 8.82. The van der Waals surface area contributed by atoms with Crippen molar-refractivity contribution in [1.29, 1.82) is 0 Å². The Morgan fingerprint density at radius 2 is 2.47 bits per heavy atom. The molecule has 2 aromatic heterocycles. The quantitative estimate of drug-likeness (QED) is 0.832. The Morgan fingerprint density at radius 3 is 3.07 bits per heavy atom. The van der Waals surface area contributed by atoms with Gasteiger partial charge in [0.15, 0.2) is 0 Å². The third-order valence-electron chi connectivity index (χ3n) is 2.23. The van der Waals surface area contributed by atoms with Crippen LogP contribution in [0.4, 0.5) is 0 Å². The lowest BCUT2D eigenvalue weighted by Gasteiger charge is -2.09. The summed E-state index contributed by atoms with van der Waals surface area (Å²) in [5.41, 5.74) is 2.20. The fourth-order valence-electron chi connectivity index (χ4n) is 1.33. The molecule has 0 aliphatic carbocycles. The van der Waals surface area contributed by atoms with Crippen molar-refractivity contribution in [1.82, 2.24) is 20.3 Å². The van der Waals surface area contributed by atoms with Gasteiger partial charge in [0.05, 0.1) is 17.0 Å². The van der Waals surface area contributed by atoms with E-state index in [1.54, 1.807) is 17.7 Å². The summed E-state index contributed by atoms with van der Waals surface area (Å²) in [6.45, 7) is 4.93. The Hall–Kier alpha value is -1.20. The second-order valence-electron chi connectivity index (χ2n) is 3.47. The minimum Gasteiger partial charge on any atom is -0.347 e. The van der Waals surface area contributed by atoms with Crippen molar-refractivity contribution in [3.63, 3.8) is 0 Å². The van der Waals surface area contributed by atoms with E-state index in [9.17, 15) is 0 Å². The smallest absolute Gasteiger partial charge is 0.0922 e. The van der Waals surface area contributed by atoms with Crippen LogP contribution >= 0.6 is 11.3 Å². The van der Waals surface area contributed by atoms with Crippen LogP contribution in [-0.4, -0.2) is 15.0 Å². The van der Waals surface area contributed by atoms with Gasteiger partial charge in [0.2, 0.25) is 0 Å². The zero-order chi connectivity index (χ0) is 10.7. The van der Waals surface area contributed by atoms with Crippen LogP contribution in [0.25, 0.3) is 0 Å². The molecule has 2 aromatic rings. The SMILES string of the molecule is Cc1nc(C(C)NCc2cnc[nH]2)cs1. The normalized spacial score (nSPS) is 12.9. The average molecular weight is 222 g/mol. The maximum atomic E-state index is 4.44. The molecule has 2 N–H and O–H groups in total. The molecule has 5 heteroatoms. The molecule has 4 nitrogen and oxygen atoms in total. The molecule has 0 aliphatic heterocycles. The summed E-state index contributed by atoms with van der Waals surface area (Å²) in [7, 11) is 0. The number of nitrogens with one attached hydrogen (secondary N) is 2. The second kappa shape index (κ2) is 4.55. The number of hydrogen-bond acceptors (Lipinski definition) is 4. The van der Waals surface area contributed by atoms with Gasteiger partial charge >= 0.3 is 0 Å². The van der Waals surface area contributed by atoms with Crippen LogP contribution in [0.3, 0.4) is 0 Å². The Kier molecular flexibility index (Phi) is 3.13. The van der Waals surface area contributed by atoms with Gasteiger partial charge in [-0.05, 0) is 13.8 Å². The highest BCUT2D eigenvalue weighted by atomic mass is 32.1. The first-order chi connectivity index (χ1) is 7.25. The van der Waals surface area contributed by atoms with Crippen molar-refractivity contribution in [2.45, 2.75) is 26.4 Å². The molecular formula is C10H14N4S. The van der Waals surface area contributed by atoms with Crippen LogP contribution in [0.2, 0.25) is 0 Å². The molecule has 1 atom stereocenters. The van der Waals surface area contributed by atoms with E-state index in [1.165, 1.54) is 0 Å². The second-order valence-corrected chi connectivity index (χ2v) is 4.53. The van der Waals surface area contributed by atoms with Crippen molar-refractivity contribution >= 4 is 11.3 Å². The lowest BCUT2D eigenvalue weighted by molar-refractivity contribution is 0.558. The number of hydrogen-bond donors (Lipinski definition) is 2. The van der Waals surface area contributed by atoms with E-state index in [-0.39, 0.29) is 6.04 Å². The first-order valence-electron chi connectivity index (χ1n) is 4.88. The van der Waals surface area contributed by atoms with Gasteiger partial charge in [0, 0.05) is 29.9 Å². The Labute approximate surface area is 92.8 Å². The molecule has 2 rings (SSSR count). The van der Waals surface area contributed by atoms with E-state index in [4.69, 9.17) is 0 Å². The van der Waals surface area contributed by atoms with Gasteiger partial charge in [-0.1, -0.05) is 0 Å². The van der Waals surface area contributed by atoms with E-state index >= 15 is 0 Å². The third-order valence-corrected chi connectivity index (χ3v) is 3.03. The number of imidazole rings is 1. The van der Waals surface area contributed by atoms with Crippen LogP contribution < -0.4 is 5.32 Å². The number of aromatic nitrogens is 3. The van der Waals surface area contributed by atoms with Crippen molar-refractivity contribution < 1.29 is 0 Å². The minimum absolute atomic E-state index is 0.276. The first kappa shape index (κ1) is 10.3. The molecular weight excluding hydrogens is 208 g/mol. The molecule has 0 aromatic carbocycles. The fraction of sp³-hybridized carbons (Fsp3) is 0.400. The molecule has 0 spiro atoms. The number of aryl methyl sites for hydroxylation is 1. The largest absolute Gasteiger partial charge is 0.347 e. The molecule has 80 valence electrons. The van der Waals surface area contributed by atoms with Crippen molar-refractivity contribution in [2.75, 3.05) is 0 Å². The highest BCUT2D eigenvalue weighted by Crippen LogP contribution is 2.15. The van der Waals surface area contributed by atoms with Gasteiger partial charge in [0.1, 0.15) is 0 Å². The van der Waals surface area contributed by atoms with Gasteiger partial charge < -0.3 is 10.3 Å². The monoisotopic (exact) mass is 222 g/mol. The van der Waals surface area contributed by atoms with Gasteiger partial charge in [-0.15, -0.1) is 11.3 Å². The summed E-state index contributed by atoms with van der Waals surface area (Å²) < 4.78 is 0. The maximum Gasteiger partial charge on any atom is 0.0922 e. The predicted molar refractivity (Wildman–Crippen MR) is 60.7 cm³/mol. The van der Waals surface area contributed by atoms with Crippen LogP contribution in [0.15, 0.2) is 17.9 Å². The maximum absolute atomic E-state index is 4.44. The van der Waals surface area contributed by atoms with Gasteiger partial charge in [-0.2, -0.15) is 0 Å².